The minimum atomic E-state index is -0.811. The van der Waals surface area contributed by atoms with Crippen LogP contribution in [0, 0.1) is 24.7 Å². The van der Waals surface area contributed by atoms with E-state index in [1.807, 2.05) is 51.1 Å². The van der Waals surface area contributed by atoms with Gasteiger partial charge >= 0.3 is 0 Å². The van der Waals surface area contributed by atoms with Crippen LogP contribution in [0.1, 0.15) is 38.7 Å². The van der Waals surface area contributed by atoms with Gasteiger partial charge in [0.25, 0.3) is 0 Å². The Morgan fingerprint density at radius 2 is 1.86 bits per heavy atom. The summed E-state index contributed by atoms with van der Waals surface area (Å²) in [6.07, 6.45) is 5.48. The summed E-state index contributed by atoms with van der Waals surface area (Å²) in [4.78, 5) is 44.9. The SMILES string of the molecule is Cc1cccc2sc(NC(=O)C(CC(C)C)N3C(=O)C4CC=CCC4C3=O)nc12. The van der Waals surface area contributed by atoms with E-state index in [2.05, 4.69) is 10.3 Å². The smallest absolute Gasteiger partial charge is 0.249 e. The Labute approximate surface area is 174 Å². The van der Waals surface area contributed by atoms with Crippen molar-refractivity contribution in [1.29, 1.82) is 0 Å². The predicted molar refractivity (Wildman–Crippen MR) is 113 cm³/mol. The lowest BCUT2D eigenvalue weighted by molar-refractivity contribution is -0.147. The van der Waals surface area contributed by atoms with E-state index in [0.29, 0.717) is 24.4 Å². The zero-order valence-electron chi connectivity index (χ0n) is 16.8. The number of fused-ring (bicyclic) bond motifs is 2. The van der Waals surface area contributed by atoms with Crippen molar-refractivity contribution in [3.05, 3.63) is 35.9 Å². The number of benzene rings is 1. The van der Waals surface area contributed by atoms with Gasteiger partial charge in [0.05, 0.1) is 22.1 Å². The maximum absolute atomic E-state index is 13.2. The molecule has 1 saturated heterocycles. The number of likely N-dealkylation sites (tertiary alicyclic amines) is 1. The predicted octanol–water partition coefficient (Wildman–Crippen LogP) is 3.91. The molecule has 1 fully saturated rings. The number of rotatable bonds is 5. The van der Waals surface area contributed by atoms with Crippen LogP contribution in [0.5, 0.6) is 0 Å². The molecule has 3 atom stereocenters. The highest BCUT2D eigenvalue weighted by Gasteiger charge is 2.51. The van der Waals surface area contributed by atoms with E-state index in [1.54, 1.807) is 0 Å². The van der Waals surface area contributed by atoms with E-state index >= 15 is 0 Å². The van der Waals surface area contributed by atoms with Gasteiger partial charge in [-0.3, -0.25) is 19.3 Å². The van der Waals surface area contributed by atoms with E-state index in [4.69, 9.17) is 0 Å². The first-order valence-electron chi connectivity index (χ1n) is 10.1. The highest BCUT2D eigenvalue weighted by Crippen LogP contribution is 2.37. The molecule has 2 aliphatic rings. The van der Waals surface area contributed by atoms with Crippen LogP contribution in [-0.4, -0.2) is 33.6 Å². The fourth-order valence-electron chi connectivity index (χ4n) is 4.24. The number of imide groups is 1. The summed E-state index contributed by atoms with van der Waals surface area (Å²) < 4.78 is 0.992. The summed E-state index contributed by atoms with van der Waals surface area (Å²) >= 11 is 1.40. The fourth-order valence-corrected chi connectivity index (χ4v) is 5.18. The van der Waals surface area contributed by atoms with E-state index in [9.17, 15) is 14.4 Å². The summed E-state index contributed by atoms with van der Waals surface area (Å²) in [6, 6.07) is 5.09. The van der Waals surface area contributed by atoms with E-state index in [1.165, 1.54) is 16.2 Å². The van der Waals surface area contributed by atoms with Crippen LogP contribution >= 0.6 is 11.3 Å². The van der Waals surface area contributed by atoms with Crippen LogP contribution in [0.3, 0.4) is 0 Å². The van der Waals surface area contributed by atoms with Crippen LogP contribution in [0.15, 0.2) is 30.4 Å². The fraction of sp³-hybridized carbons (Fsp3) is 0.455. The molecule has 3 unspecified atom stereocenters. The third kappa shape index (κ3) is 3.59. The first kappa shape index (κ1) is 19.8. The van der Waals surface area contributed by atoms with E-state index in [0.717, 1.165) is 15.8 Å². The molecule has 0 spiro atoms. The maximum Gasteiger partial charge on any atom is 0.249 e. The molecule has 1 aromatic carbocycles. The molecule has 1 aliphatic heterocycles. The quantitative estimate of drug-likeness (QED) is 0.598. The van der Waals surface area contributed by atoms with Crippen molar-refractivity contribution >= 4 is 44.4 Å². The number of hydrogen-bond acceptors (Lipinski definition) is 5. The molecule has 29 heavy (non-hydrogen) atoms. The van der Waals surface area contributed by atoms with Crippen molar-refractivity contribution in [2.45, 2.75) is 46.1 Å². The van der Waals surface area contributed by atoms with Crippen LogP contribution < -0.4 is 5.32 Å². The topological polar surface area (TPSA) is 79.4 Å². The molecule has 152 valence electrons. The van der Waals surface area contributed by atoms with Gasteiger partial charge in [0.2, 0.25) is 17.7 Å². The number of amides is 3. The number of hydrogen-bond donors (Lipinski definition) is 1. The number of anilines is 1. The minimum Gasteiger partial charge on any atom is -0.300 e. The van der Waals surface area contributed by atoms with Gasteiger partial charge < -0.3 is 5.32 Å². The molecule has 3 amide bonds. The number of nitrogens with zero attached hydrogens (tertiary/aromatic N) is 2. The van der Waals surface area contributed by atoms with Crippen LogP contribution in [0.4, 0.5) is 5.13 Å². The van der Waals surface area contributed by atoms with Crippen molar-refractivity contribution in [3.63, 3.8) is 0 Å². The monoisotopic (exact) mass is 411 g/mol. The van der Waals surface area contributed by atoms with Gasteiger partial charge in [-0.05, 0) is 43.7 Å². The average molecular weight is 412 g/mol. The van der Waals surface area contributed by atoms with E-state index in [-0.39, 0.29) is 35.5 Å². The molecule has 0 saturated carbocycles. The lowest BCUT2D eigenvalue weighted by atomic mass is 9.85. The van der Waals surface area contributed by atoms with E-state index < -0.39 is 6.04 Å². The molecule has 0 radical (unpaired) electrons. The Morgan fingerprint density at radius 1 is 1.21 bits per heavy atom. The number of para-hydroxylation sites is 1. The second-order valence-corrected chi connectivity index (χ2v) is 9.31. The molecule has 0 bridgehead atoms. The van der Waals surface area contributed by atoms with Gasteiger partial charge in [0, 0.05) is 0 Å². The lowest BCUT2D eigenvalue weighted by Crippen LogP contribution is -2.48. The van der Waals surface area contributed by atoms with Gasteiger partial charge in [-0.1, -0.05) is 49.5 Å². The highest BCUT2D eigenvalue weighted by molar-refractivity contribution is 7.22. The molecule has 2 heterocycles. The Kier molecular flexibility index (Phi) is 5.25. The zero-order chi connectivity index (χ0) is 20.7. The van der Waals surface area contributed by atoms with Crippen molar-refractivity contribution in [2.75, 3.05) is 5.32 Å². The summed E-state index contributed by atoms with van der Waals surface area (Å²) in [7, 11) is 0. The summed E-state index contributed by atoms with van der Waals surface area (Å²) in [6.45, 7) is 5.95. The molecular formula is C22H25N3O3S. The normalized spacial score (nSPS) is 22.4. The second kappa shape index (κ2) is 7.71. The largest absolute Gasteiger partial charge is 0.300 e. The minimum absolute atomic E-state index is 0.157. The van der Waals surface area contributed by atoms with Crippen LogP contribution in [0.2, 0.25) is 0 Å². The number of allylic oxidation sites excluding steroid dienone is 2. The number of carbonyl (C=O) groups is 3. The Balaban J connectivity index is 1.60. The van der Waals surface area contributed by atoms with Crippen molar-refractivity contribution < 1.29 is 14.4 Å². The van der Waals surface area contributed by atoms with Gasteiger partial charge in [-0.2, -0.15) is 0 Å². The lowest BCUT2D eigenvalue weighted by Gasteiger charge is -2.26. The summed E-state index contributed by atoms with van der Waals surface area (Å²) in [5.41, 5.74) is 1.90. The molecule has 1 N–H and O–H groups in total. The first-order chi connectivity index (χ1) is 13.9. The third-order valence-corrected chi connectivity index (χ3v) is 6.64. The van der Waals surface area contributed by atoms with Crippen molar-refractivity contribution in [1.82, 2.24) is 9.88 Å². The van der Waals surface area contributed by atoms with Gasteiger partial charge in [0.15, 0.2) is 5.13 Å². The van der Waals surface area contributed by atoms with Gasteiger partial charge in [-0.15, -0.1) is 0 Å². The molecule has 1 aromatic heterocycles. The van der Waals surface area contributed by atoms with Crippen LogP contribution in [-0.2, 0) is 14.4 Å². The highest BCUT2D eigenvalue weighted by atomic mass is 32.1. The van der Waals surface area contributed by atoms with Crippen molar-refractivity contribution in [3.8, 4) is 0 Å². The molecule has 2 aromatic rings. The number of aryl methyl sites for hydroxylation is 1. The number of aromatic nitrogens is 1. The first-order valence-corrected chi connectivity index (χ1v) is 10.9. The maximum atomic E-state index is 13.2. The Bertz CT molecular complexity index is 984. The molecule has 7 heteroatoms. The average Bonchev–Trinajstić information content (AvgIpc) is 3.20. The number of thiazole rings is 1. The van der Waals surface area contributed by atoms with Gasteiger partial charge in [0.1, 0.15) is 6.04 Å². The summed E-state index contributed by atoms with van der Waals surface area (Å²) in [5, 5.41) is 3.36. The number of nitrogens with one attached hydrogen (secondary N) is 1. The second-order valence-electron chi connectivity index (χ2n) is 8.28. The summed E-state index contributed by atoms with van der Waals surface area (Å²) in [5.74, 6) is -1.29. The third-order valence-electron chi connectivity index (χ3n) is 5.70. The van der Waals surface area contributed by atoms with Gasteiger partial charge in [-0.25, -0.2) is 4.98 Å². The Hall–Kier alpha value is -2.54. The number of carbonyl (C=O) groups excluding carboxylic acids is 3. The van der Waals surface area contributed by atoms with Crippen LogP contribution in [0.25, 0.3) is 10.2 Å². The Morgan fingerprint density at radius 3 is 2.45 bits per heavy atom. The zero-order valence-corrected chi connectivity index (χ0v) is 17.7. The molecule has 4 rings (SSSR count). The molecule has 1 aliphatic carbocycles. The molecule has 6 nitrogen and oxygen atoms in total. The molecular weight excluding hydrogens is 386 g/mol. The van der Waals surface area contributed by atoms with Crippen molar-refractivity contribution in [2.24, 2.45) is 17.8 Å². The standard InChI is InChI=1S/C22H25N3O3S/c1-12(2)11-16(25-20(27)14-8-4-5-9-15(14)21(25)28)19(26)24-22-23-18-13(3)7-6-10-17(18)29-22/h4-7,10,12,14-16H,8-9,11H2,1-3H3,(H,23,24,26).